The van der Waals surface area contributed by atoms with Gasteiger partial charge in [-0.15, -0.1) is 10.2 Å². The van der Waals surface area contributed by atoms with E-state index in [-0.39, 0.29) is 0 Å². The average molecular weight is 290 g/mol. The van der Waals surface area contributed by atoms with E-state index < -0.39 is 6.09 Å². The maximum atomic E-state index is 10.7. The molecule has 2 heterocycles. The molecule has 0 aliphatic carbocycles. The summed E-state index contributed by atoms with van der Waals surface area (Å²) in [7, 11) is 0. The van der Waals surface area contributed by atoms with Crippen molar-refractivity contribution in [2.75, 3.05) is 13.1 Å². The van der Waals surface area contributed by atoms with Crippen LogP contribution in [0.15, 0.2) is 9.99 Å². The zero-order valence-electron chi connectivity index (χ0n) is 7.68. The zero-order chi connectivity index (χ0) is 10.8. The molecule has 0 fully saturated rings. The van der Waals surface area contributed by atoms with E-state index in [1.165, 1.54) is 16.2 Å². The second-order valence-corrected chi connectivity index (χ2v) is 5.32. The third kappa shape index (κ3) is 2.35. The van der Waals surface area contributed by atoms with Gasteiger partial charge in [0.15, 0.2) is 3.92 Å². The van der Waals surface area contributed by atoms with E-state index >= 15 is 0 Å². The molecule has 1 aliphatic rings. The number of halogens is 1. The van der Waals surface area contributed by atoms with Crippen LogP contribution >= 0.6 is 27.3 Å². The fourth-order valence-electron chi connectivity index (χ4n) is 1.37. The lowest BCUT2D eigenvalue weighted by Gasteiger charge is -2.22. The van der Waals surface area contributed by atoms with Crippen molar-refractivity contribution < 1.29 is 9.90 Å². The maximum Gasteiger partial charge on any atom is 0.407 e. The highest BCUT2D eigenvalue weighted by molar-refractivity contribution is 9.11. The standard InChI is InChI=1S/C8H8BrN3O2S/c9-7-11-10-6(15-7)5-1-3-12(4-2-5)8(13)14/h1H,2-4H2,(H,13,14). The van der Waals surface area contributed by atoms with Gasteiger partial charge >= 0.3 is 6.09 Å². The number of hydrogen-bond donors (Lipinski definition) is 1. The first-order chi connectivity index (χ1) is 7.16. The zero-order valence-corrected chi connectivity index (χ0v) is 10.1. The maximum absolute atomic E-state index is 10.7. The first-order valence-corrected chi connectivity index (χ1v) is 5.94. The van der Waals surface area contributed by atoms with E-state index in [0.29, 0.717) is 19.5 Å². The highest BCUT2D eigenvalue weighted by Gasteiger charge is 2.18. The Hall–Kier alpha value is -0.950. The lowest BCUT2D eigenvalue weighted by atomic mass is 10.1. The molecule has 1 aliphatic heterocycles. The Kier molecular flexibility index (Phi) is 3.01. The Morgan fingerprint density at radius 2 is 2.40 bits per heavy atom. The summed E-state index contributed by atoms with van der Waals surface area (Å²) < 4.78 is 0.749. The van der Waals surface area contributed by atoms with Crippen LogP contribution in [-0.2, 0) is 0 Å². The minimum absolute atomic E-state index is 0.432. The number of aromatic nitrogens is 2. The van der Waals surface area contributed by atoms with Gasteiger partial charge in [0.2, 0.25) is 0 Å². The molecule has 0 spiro atoms. The molecule has 5 nitrogen and oxygen atoms in total. The molecule has 0 saturated heterocycles. The second kappa shape index (κ2) is 4.28. The van der Waals surface area contributed by atoms with Gasteiger partial charge in [0.25, 0.3) is 0 Å². The molecule has 7 heteroatoms. The summed E-state index contributed by atoms with van der Waals surface area (Å²) in [6.07, 6.45) is 1.72. The number of nitrogens with zero attached hydrogens (tertiary/aromatic N) is 3. The molecular weight excluding hydrogens is 282 g/mol. The minimum atomic E-state index is -0.872. The minimum Gasteiger partial charge on any atom is -0.465 e. The smallest absolute Gasteiger partial charge is 0.407 e. The number of carbonyl (C=O) groups is 1. The van der Waals surface area contributed by atoms with Crippen molar-refractivity contribution in [3.05, 3.63) is 15.0 Å². The van der Waals surface area contributed by atoms with Gasteiger partial charge in [-0.05, 0) is 27.9 Å². The van der Waals surface area contributed by atoms with Gasteiger partial charge < -0.3 is 10.0 Å². The fraction of sp³-hybridized carbons (Fsp3) is 0.375. The van der Waals surface area contributed by atoms with E-state index in [9.17, 15) is 4.79 Å². The molecule has 80 valence electrons. The number of carboxylic acid groups (broad SMARTS) is 1. The van der Waals surface area contributed by atoms with Crippen molar-refractivity contribution in [2.45, 2.75) is 6.42 Å². The topological polar surface area (TPSA) is 66.3 Å². The third-order valence-corrected chi connectivity index (χ3v) is 3.59. The van der Waals surface area contributed by atoms with Crippen molar-refractivity contribution in [3.8, 4) is 0 Å². The van der Waals surface area contributed by atoms with Crippen LogP contribution in [0.25, 0.3) is 5.57 Å². The van der Waals surface area contributed by atoms with E-state index in [0.717, 1.165) is 14.5 Å². The lowest BCUT2D eigenvalue weighted by Crippen LogP contribution is -2.33. The SMILES string of the molecule is O=C(O)N1CC=C(c2nnc(Br)s2)CC1. The predicted molar refractivity (Wildman–Crippen MR) is 59.8 cm³/mol. The Morgan fingerprint density at radius 1 is 1.60 bits per heavy atom. The van der Waals surface area contributed by atoms with Crippen LogP contribution in [0.3, 0.4) is 0 Å². The summed E-state index contributed by atoms with van der Waals surface area (Å²) in [6, 6.07) is 0. The molecule has 0 unspecified atom stereocenters. The molecule has 0 bridgehead atoms. The van der Waals surface area contributed by atoms with Crippen LogP contribution in [-0.4, -0.2) is 39.4 Å². The number of amides is 1. The van der Waals surface area contributed by atoms with Crippen LogP contribution in [0, 0.1) is 0 Å². The number of hydrogen-bond acceptors (Lipinski definition) is 4. The summed E-state index contributed by atoms with van der Waals surface area (Å²) in [5, 5.41) is 17.5. The fourth-order valence-corrected chi connectivity index (χ4v) is 2.55. The highest BCUT2D eigenvalue weighted by atomic mass is 79.9. The van der Waals surface area contributed by atoms with Gasteiger partial charge in [-0.2, -0.15) is 0 Å². The van der Waals surface area contributed by atoms with Crippen molar-refractivity contribution >= 4 is 38.9 Å². The Morgan fingerprint density at radius 3 is 2.87 bits per heavy atom. The molecule has 0 saturated carbocycles. The van der Waals surface area contributed by atoms with E-state index in [4.69, 9.17) is 5.11 Å². The summed E-state index contributed by atoms with van der Waals surface area (Å²) in [5.74, 6) is 0. The predicted octanol–water partition coefficient (Wildman–Crippen LogP) is 2.07. The van der Waals surface area contributed by atoms with Gasteiger partial charge in [0.05, 0.1) is 0 Å². The first kappa shape index (κ1) is 10.6. The monoisotopic (exact) mass is 289 g/mol. The van der Waals surface area contributed by atoms with Gasteiger partial charge in [-0.3, -0.25) is 0 Å². The quantitative estimate of drug-likeness (QED) is 0.859. The Bertz CT molecular complexity index is 418. The van der Waals surface area contributed by atoms with Crippen molar-refractivity contribution in [1.29, 1.82) is 0 Å². The molecule has 1 N–H and O–H groups in total. The van der Waals surface area contributed by atoms with Gasteiger partial charge in [0, 0.05) is 13.1 Å². The largest absolute Gasteiger partial charge is 0.465 e. The van der Waals surface area contributed by atoms with Crippen LogP contribution in [0.2, 0.25) is 0 Å². The van der Waals surface area contributed by atoms with Crippen LogP contribution in [0.5, 0.6) is 0 Å². The van der Waals surface area contributed by atoms with Crippen LogP contribution < -0.4 is 0 Å². The van der Waals surface area contributed by atoms with Crippen molar-refractivity contribution in [2.24, 2.45) is 0 Å². The van der Waals surface area contributed by atoms with Crippen molar-refractivity contribution in [1.82, 2.24) is 15.1 Å². The van der Waals surface area contributed by atoms with E-state index in [1.807, 2.05) is 6.08 Å². The van der Waals surface area contributed by atoms with Gasteiger partial charge in [-0.25, -0.2) is 4.79 Å². The normalized spacial score (nSPS) is 16.3. The summed E-state index contributed by atoms with van der Waals surface area (Å²) in [5.41, 5.74) is 1.08. The molecule has 0 aromatic carbocycles. The first-order valence-electron chi connectivity index (χ1n) is 4.33. The van der Waals surface area contributed by atoms with Crippen LogP contribution in [0.4, 0.5) is 4.79 Å². The van der Waals surface area contributed by atoms with Gasteiger partial charge in [0.1, 0.15) is 5.01 Å². The summed E-state index contributed by atoms with van der Waals surface area (Å²) in [6.45, 7) is 0.959. The highest BCUT2D eigenvalue weighted by Crippen LogP contribution is 2.27. The molecule has 15 heavy (non-hydrogen) atoms. The lowest BCUT2D eigenvalue weighted by molar-refractivity contribution is 0.150. The molecule has 1 aromatic heterocycles. The molecule has 0 radical (unpaired) electrons. The van der Waals surface area contributed by atoms with Gasteiger partial charge in [-0.1, -0.05) is 17.4 Å². The summed E-state index contributed by atoms with van der Waals surface area (Å²) >= 11 is 4.71. The van der Waals surface area contributed by atoms with Crippen molar-refractivity contribution in [3.63, 3.8) is 0 Å². The Labute approximate surface area is 98.6 Å². The Balaban J connectivity index is 2.11. The molecular formula is C8H8BrN3O2S. The summed E-state index contributed by atoms with van der Waals surface area (Å²) in [4.78, 5) is 12.0. The second-order valence-electron chi connectivity index (χ2n) is 3.07. The third-order valence-electron chi connectivity index (χ3n) is 2.15. The van der Waals surface area contributed by atoms with E-state index in [1.54, 1.807) is 0 Å². The number of rotatable bonds is 1. The average Bonchev–Trinajstić information content (AvgIpc) is 2.65. The van der Waals surface area contributed by atoms with Crippen LogP contribution in [0.1, 0.15) is 11.4 Å². The molecule has 1 aromatic rings. The van der Waals surface area contributed by atoms with E-state index in [2.05, 4.69) is 26.1 Å². The molecule has 1 amide bonds. The molecule has 0 atom stereocenters. The molecule has 2 rings (SSSR count).